The zero-order valence-electron chi connectivity index (χ0n) is 18.2. The minimum absolute atomic E-state index is 0.137. The summed E-state index contributed by atoms with van der Waals surface area (Å²) < 4.78 is 21.1. The maximum Gasteiger partial charge on any atom is 0.508 e. The molecule has 174 valence electrons. The number of ether oxygens (including phenoxy) is 4. The first-order chi connectivity index (χ1) is 15.4. The van der Waals surface area contributed by atoms with Crippen LogP contribution in [0.25, 0.3) is 0 Å². The Labute approximate surface area is 187 Å². The molecule has 2 aromatic rings. The van der Waals surface area contributed by atoms with Crippen molar-refractivity contribution in [3.63, 3.8) is 0 Å². The minimum atomic E-state index is -1.54. The lowest BCUT2D eigenvalue weighted by molar-refractivity contribution is -0.278. The Morgan fingerprint density at radius 1 is 0.906 bits per heavy atom. The van der Waals surface area contributed by atoms with E-state index in [9.17, 15) is 20.1 Å². The molecule has 8 heteroatoms. The number of para-hydroxylation sites is 1. The largest absolute Gasteiger partial charge is 0.508 e. The predicted octanol–water partition coefficient (Wildman–Crippen LogP) is 2.20. The molecule has 0 bridgehead atoms. The van der Waals surface area contributed by atoms with Crippen LogP contribution in [0.3, 0.4) is 0 Å². The van der Waals surface area contributed by atoms with E-state index in [2.05, 4.69) is 35.9 Å². The number of carbonyl (C=O) groups is 1. The number of hydrogen-bond acceptors (Lipinski definition) is 8. The van der Waals surface area contributed by atoms with Crippen molar-refractivity contribution in [3.05, 3.63) is 65.2 Å². The van der Waals surface area contributed by atoms with Gasteiger partial charge in [0.25, 0.3) is 0 Å². The summed E-state index contributed by atoms with van der Waals surface area (Å²) in [6.07, 6.45) is -6.23. The van der Waals surface area contributed by atoms with Gasteiger partial charge >= 0.3 is 6.16 Å². The van der Waals surface area contributed by atoms with E-state index >= 15 is 0 Å². The molecule has 0 radical (unpaired) electrons. The molecule has 1 aliphatic rings. The Bertz CT molecular complexity index is 869. The number of aryl methyl sites for hydroxylation is 1. The molecule has 0 spiro atoms. The fraction of sp³-hybridized carbons (Fsp3) is 0.458. The van der Waals surface area contributed by atoms with Crippen molar-refractivity contribution >= 4 is 6.16 Å². The first kappa shape index (κ1) is 24.0. The highest BCUT2D eigenvalue weighted by atomic mass is 16.7. The van der Waals surface area contributed by atoms with Crippen LogP contribution in [0.4, 0.5) is 4.79 Å². The van der Waals surface area contributed by atoms with Gasteiger partial charge in [-0.3, -0.25) is 0 Å². The van der Waals surface area contributed by atoms with Gasteiger partial charge in [0.15, 0.2) is 0 Å². The molecule has 1 heterocycles. The topological polar surface area (TPSA) is 115 Å². The normalized spacial score (nSPS) is 25.2. The average molecular weight is 446 g/mol. The Kier molecular flexibility index (Phi) is 8.46. The van der Waals surface area contributed by atoms with E-state index in [1.54, 1.807) is 19.1 Å². The third kappa shape index (κ3) is 5.98. The number of carbonyl (C=O) groups excluding carboxylic acids is 1. The van der Waals surface area contributed by atoms with Crippen molar-refractivity contribution in [2.45, 2.75) is 57.4 Å². The number of aliphatic hydroxyl groups excluding tert-OH is 3. The van der Waals surface area contributed by atoms with Crippen molar-refractivity contribution in [2.24, 2.45) is 0 Å². The first-order valence-electron chi connectivity index (χ1n) is 10.7. The van der Waals surface area contributed by atoms with Crippen molar-refractivity contribution in [2.75, 3.05) is 13.2 Å². The molecule has 2 aromatic carbocycles. The van der Waals surface area contributed by atoms with Crippen LogP contribution in [0.15, 0.2) is 48.5 Å². The van der Waals surface area contributed by atoms with Crippen LogP contribution in [0.5, 0.6) is 5.75 Å². The Morgan fingerprint density at radius 3 is 2.28 bits per heavy atom. The summed E-state index contributed by atoms with van der Waals surface area (Å²) in [5.74, 6) is 0.477. The summed E-state index contributed by atoms with van der Waals surface area (Å²) in [7, 11) is 0. The van der Waals surface area contributed by atoms with Crippen LogP contribution in [0.2, 0.25) is 0 Å². The van der Waals surface area contributed by atoms with Gasteiger partial charge in [-0.2, -0.15) is 0 Å². The standard InChI is InChI=1S/C24H30O8/c1-3-15-9-11-16(12-10-15)13-17-7-5-6-8-18(17)31-23-22(27)21(26)20(25)19(32-23)14-30-24(28)29-4-2/h5-12,19-23,25-27H,3-4,13-14H2,1-2H3/t19-,20-,21+,22-,23+/m1/s1. The summed E-state index contributed by atoms with van der Waals surface area (Å²) in [6, 6.07) is 15.6. The van der Waals surface area contributed by atoms with Crippen LogP contribution in [0, 0.1) is 0 Å². The van der Waals surface area contributed by atoms with Crippen LogP contribution >= 0.6 is 0 Å². The van der Waals surface area contributed by atoms with Crippen molar-refractivity contribution in [1.82, 2.24) is 0 Å². The van der Waals surface area contributed by atoms with Crippen LogP contribution in [0.1, 0.15) is 30.5 Å². The molecule has 5 atom stereocenters. The Morgan fingerprint density at radius 2 is 1.59 bits per heavy atom. The number of hydrogen-bond donors (Lipinski definition) is 3. The Balaban J connectivity index is 1.71. The summed E-state index contributed by atoms with van der Waals surface area (Å²) in [6.45, 7) is 3.50. The smallest absolute Gasteiger partial charge is 0.462 e. The fourth-order valence-electron chi connectivity index (χ4n) is 3.46. The fourth-order valence-corrected chi connectivity index (χ4v) is 3.46. The SMILES string of the molecule is CCOC(=O)OC[C@H]1O[C@H](Oc2ccccc2Cc2ccc(CC)cc2)[C@H](O)[C@@H](O)[C@@H]1O. The van der Waals surface area contributed by atoms with Crippen molar-refractivity contribution in [1.29, 1.82) is 0 Å². The second-order valence-corrected chi connectivity index (χ2v) is 7.58. The van der Waals surface area contributed by atoms with Gasteiger partial charge in [0.2, 0.25) is 6.29 Å². The van der Waals surface area contributed by atoms with Gasteiger partial charge in [-0.1, -0.05) is 49.4 Å². The first-order valence-corrected chi connectivity index (χ1v) is 10.7. The van der Waals surface area contributed by atoms with Gasteiger partial charge < -0.3 is 34.3 Å². The van der Waals surface area contributed by atoms with Crippen LogP contribution in [-0.4, -0.2) is 65.4 Å². The molecule has 0 amide bonds. The molecular weight excluding hydrogens is 416 g/mol. The monoisotopic (exact) mass is 446 g/mol. The van der Waals surface area contributed by atoms with Crippen LogP contribution in [-0.2, 0) is 27.1 Å². The maximum absolute atomic E-state index is 11.4. The van der Waals surface area contributed by atoms with E-state index in [4.69, 9.17) is 14.2 Å². The zero-order chi connectivity index (χ0) is 23.1. The van der Waals surface area contributed by atoms with Gasteiger partial charge in [0.1, 0.15) is 36.8 Å². The maximum atomic E-state index is 11.4. The molecule has 0 aliphatic carbocycles. The third-order valence-corrected chi connectivity index (χ3v) is 5.34. The van der Waals surface area contributed by atoms with Gasteiger partial charge in [-0.05, 0) is 36.1 Å². The molecule has 0 aromatic heterocycles. The second-order valence-electron chi connectivity index (χ2n) is 7.58. The number of rotatable bonds is 8. The predicted molar refractivity (Wildman–Crippen MR) is 115 cm³/mol. The highest BCUT2D eigenvalue weighted by Gasteiger charge is 2.45. The van der Waals surface area contributed by atoms with Gasteiger partial charge in [-0.25, -0.2) is 4.79 Å². The molecule has 3 rings (SSSR count). The molecular formula is C24H30O8. The number of aliphatic hydroxyl groups is 3. The zero-order valence-corrected chi connectivity index (χ0v) is 18.2. The van der Waals surface area contributed by atoms with Crippen LogP contribution < -0.4 is 4.74 Å². The summed E-state index contributed by atoms with van der Waals surface area (Å²) in [4.78, 5) is 11.4. The highest BCUT2D eigenvalue weighted by molar-refractivity contribution is 5.59. The molecule has 1 saturated heterocycles. The van der Waals surface area contributed by atoms with E-state index < -0.39 is 36.9 Å². The minimum Gasteiger partial charge on any atom is -0.462 e. The van der Waals surface area contributed by atoms with Crippen molar-refractivity contribution in [3.8, 4) is 5.75 Å². The average Bonchev–Trinajstić information content (AvgIpc) is 2.80. The molecule has 0 unspecified atom stereocenters. The van der Waals surface area contributed by atoms with E-state index in [0.717, 1.165) is 17.5 Å². The molecule has 3 N–H and O–H groups in total. The quantitative estimate of drug-likeness (QED) is 0.529. The lowest BCUT2D eigenvalue weighted by atomic mass is 9.99. The van der Waals surface area contributed by atoms with Gasteiger partial charge in [-0.15, -0.1) is 0 Å². The molecule has 32 heavy (non-hydrogen) atoms. The van der Waals surface area contributed by atoms with E-state index in [1.165, 1.54) is 5.56 Å². The van der Waals surface area contributed by atoms with E-state index in [0.29, 0.717) is 12.2 Å². The van der Waals surface area contributed by atoms with Crippen molar-refractivity contribution < 1.29 is 39.1 Å². The summed E-state index contributed by atoms with van der Waals surface area (Å²) >= 11 is 0. The van der Waals surface area contributed by atoms with Gasteiger partial charge in [0.05, 0.1) is 6.61 Å². The van der Waals surface area contributed by atoms with Gasteiger partial charge in [0, 0.05) is 6.42 Å². The highest BCUT2D eigenvalue weighted by Crippen LogP contribution is 2.28. The summed E-state index contributed by atoms with van der Waals surface area (Å²) in [5.41, 5.74) is 3.22. The molecule has 8 nitrogen and oxygen atoms in total. The molecule has 1 fully saturated rings. The number of benzene rings is 2. The summed E-state index contributed by atoms with van der Waals surface area (Å²) in [5, 5.41) is 30.9. The molecule has 1 aliphatic heterocycles. The Hall–Kier alpha value is -2.65. The lowest BCUT2D eigenvalue weighted by Crippen LogP contribution is -2.60. The second kappa shape index (κ2) is 11.3. The lowest BCUT2D eigenvalue weighted by Gasteiger charge is -2.40. The van der Waals surface area contributed by atoms with E-state index in [-0.39, 0.29) is 13.2 Å². The van der Waals surface area contributed by atoms with E-state index in [1.807, 2.05) is 12.1 Å². The third-order valence-electron chi connectivity index (χ3n) is 5.34. The molecule has 0 saturated carbocycles.